The molecule has 13 heteroatoms. The first kappa shape index (κ1) is 232. The molecule has 0 aromatic heterocycles. The zero-order valence-electron chi connectivity index (χ0n) is 6.13. The fourth-order valence-electron chi connectivity index (χ4n) is 0. The van der Waals surface area contributed by atoms with Gasteiger partial charge in [-0.15, -0.1) is 0 Å². The molecule has 0 rings (SSSR count). The van der Waals surface area contributed by atoms with Crippen LogP contribution in [0.2, 0.25) is 0 Å². The van der Waals surface area contributed by atoms with Gasteiger partial charge in [0.05, 0.1) is 0 Å². The number of hydrogen-bond acceptors (Lipinski definition) is 1. The van der Waals surface area contributed by atoms with Gasteiger partial charge in [-0.1, -0.05) is 0 Å². The molecule has 0 aromatic carbocycles. The van der Waals surface area contributed by atoms with Gasteiger partial charge in [0.1, 0.15) is 0 Å². The third kappa shape index (κ3) is 295. The van der Waals surface area contributed by atoms with Crippen LogP contribution in [0.5, 0.6) is 0 Å². The Bertz CT molecular complexity index is 22.1. The summed E-state index contributed by atoms with van der Waals surface area (Å²) in [4.78, 5) is 0. The van der Waals surface area contributed by atoms with Crippen LogP contribution in [0.4, 0.5) is 0 Å². The van der Waals surface area contributed by atoms with Crippen molar-refractivity contribution in [3.8, 4) is 0 Å². The third-order valence-electron chi connectivity index (χ3n) is 0. The van der Waals surface area contributed by atoms with Crippen molar-refractivity contribution in [1.82, 2.24) is 0 Å². The smallest absolute Gasteiger partial charge is 2.00 e. The molecule has 0 saturated carbocycles. The van der Waals surface area contributed by atoms with Crippen LogP contribution in [0, 0.1) is 0 Å². The van der Waals surface area contributed by atoms with Crippen LogP contribution in [-0.2, 0) is 62.3 Å². The predicted molar refractivity (Wildman–Crippen MR) is 28.5 cm³/mol. The second-order valence-electron chi connectivity index (χ2n) is 0. The molecule has 0 bridgehead atoms. The molecular weight excluding hydrogens is 570 g/mol. The van der Waals surface area contributed by atoms with Gasteiger partial charge in [-0.3, -0.25) is 0 Å². The Morgan fingerprint density at radius 2 is 0.538 bits per heavy atom. The van der Waals surface area contributed by atoms with Gasteiger partial charge in [-0.05, 0) is 0 Å². The van der Waals surface area contributed by atoms with E-state index in [1.807, 2.05) is 0 Å². The quantitative estimate of drug-likeness (QED) is 0.284. The van der Waals surface area contributed by atoms with Gasteiger partial charge < -0.3 is 38.3 Å². The van der Waals surface area contributed by atoms with Gasteiger partial charge in [0.2, 0.25) is 0 Å². The van der Waals surface area contributed by atoms with Gasteiger partial charge in [0.15, 0.2) is 0 Å². The first-order valence-corrected chi connectivity index (χ1v) is 0.612. The van der Waals surface area contributed by atoms with Crippen LogP contribution in [0.15, 0.2) is 0 Å². The molecule has 0 heterocycles. The largest absolute Gasteiger partial charge is 4.00 e. The first-order chi connectivity index (χ1) is 1.00. The van der Waals surface area contributed by atoms with Crippen LogP contribution in [0.3, 0.4) is 0 Å². The summed E-state index contributed by atoms with van der Waals surface area (Å²) in [5.41, 5.74) is 0. The van der Waals surface area contributed by atoms with E-state index in [0.29, 0.717) is 0 Å². The summed E-state index contributed by atoms with van der Waals surface area (Å²) < 4.78 is 8.06. The predicted octanol–water partition coefficient (Wildman–Crippen LogP) is -2.48. The van der Waals surface area contributed by atoms with Crippen LogP contribution < -0.4 is 0 Å². The van der Waals surface area contributed by atoms with Crippen LogP contribution >= 0.6 is 0 Å². The molecule has 0 atom stereocenters. The number of hydrogen-bond donors (Lipinski definition) is 0. The fraction of sp³-hybridized carbons (Fsp3) is 0. The summed E-state index contributed by atoms with van der Waals surface area (Å²) >= 11 is 0. The molecule has 0 unspecified atom stereocenters. The monoisotopic (exact) mass is 570 g/mol. The van der Waals surface area contributed by atoms with Crippen molar-refractivity contribution in [2.75, 3.05) is 0 Å². The summed E-state index contributed by atoms with van der Waals surface area (Å²) in [7, 11) is 1.72. The Balaban J connectivity index is -0.0000000000909. The first-order valence-electron chi connectivity index (χ1n) is 0.204. The van der Waals surface area contributed by atoms with Crippen molar-refractivity contribution in [2.24, 2.45) is 0 Å². The molecule has 8 nitrogen and oxygen atoms in total. The van der Waals surface area contributed by atoms with Crippen molar-refractivity contribution < 1.29 is 62.3 Å². The average molecular weight is 570 g/mol. The summed E-state index contributed by atoms with van der Waals surface area (Å²) in [6.07, 6.45) is 0. The van der Waals surface area contributed by atoms with E-state index in [2.05, 4.69) is 0 Å². The third-order valence-corrected chi connectivity index (χ3v) is 0. The standard InChI is InChI=1S/2In.OSi.7O.Sn.Zn/c;;1-2;;;;;;;;;/q2*+3;+2;7*-2;+4;+2. The molecule has 13 heavy (non-hydrogen) atoms. The summed E-state index contributed by atoms with van der Waals surface area (Å²) in [5, 5.41) is 0. The Labute approximate surface area is 146 Å². The van der Waals surface area contributed by atoms with E-state index in [4.69, 9.17) is 4.46 Å². The van der Waals surface area contributed by atoms with E-state index in [0.717, 1.165) is 0 Å². The maximum Gasteiger partial charge on any atom is 4.00 e. The topological polar surface area (TPSA) is 217 Å². The summed E-state index contributed by atoms with van der Waals surface area (Å²) in [6.45, 7) is 0. The van der Waals surface area contributed by atoms with Crippen LogP contribution in [0.1, 0.15) is 0 Å². The van der Waals surface area contributed by atoms with E-state index < -0.39 is 0 Å². The Hall–Kier alpha value is 2.90. The van der Waals surface area contributed by atoms with E-state index in [1.165, 1.54) is 0 Å². The fourth-order valence-corrected chi connectivity index (χ4v) is 0. The molecule has 0 N–H and O–H groups in total. The zero-order valence-corrected chi connectivity index (χ0v) is 19.5. The number of rotatable bonds is 0. The minimum Gasteiger partial charge on any atom is -2.00 e. The van der Waals surface area contributed by atoms with Crippen molar-refractivity contribution >= 4 is 85.7 Å². The summed E-state index contributed by atoms with van der Waals surface area (Å²) in [6, 6.07) is 0. The van der Waals surface area contributed by atoms with E-state index >= 15 is 0 Å². The van der Waals surface area contributed by atoms with E-state index in [1.54, 1.807) is 10.1 Å². The van der Waals surface area contributed by atoms with E-state index in [-0.39, 0.29) is 133 Å². The summed E-state index contributed by atoms with van der Waals surface area (Å²) in [5.74, 6) is 0. The molecule has 0 amide bonds. The van der Waals surface area contributed by atoms with Crippen molar-refractivity contribution in [2.45, 2.75) is 0 Å². The Morgan fingerprint density at radius 3 is 0.538 bits per heavy atom. The van der Waals surface area contributed by atoms with Crippen molar-refractivity contribution in [1.29, 1.82) is 0 Å². The maximum absolute atomic E-state index is 8.06. The van der Waals surface area contributed by atoms with Crippen LogP contribution in [-0.4, -0.2) is 85.7 Å². The second-order valence-corrected chi connectivity index (χ2v) is 0. The van der Waals surface area contributed by atoms with Gasteiger partial charge in [0, 0.05) is 0 Å². The second kappa shape index (κ2) is 342. The molecule has 0 radical (unpaired) electrons. The maximum atomic E-state index is 8.06. The minimum absolute atomic E-state index is 0. The normalized spacial score (nSPS) is 0.462. The van der Waals surface area contributed by atoms with Gasteiger partial charge in [0.25, 0.3) is 0 Å². The van der Waals surface area contributed by atoms with E-state index in [9.17, 15) is 0 Å². The Kier molecular flexibility index (Phi) is 6110. The SMILES string of the molecule is O=[Si+2].[In+3].[In+3].[O-2].[O-2].[O-2].[O-2].[O-2].[O-2].[O-2].[Sn+4].[Zn+2]. The molecule has 0 aliphatic heterocycles. The van der Waals surface area contributed by atoms with Crippen molar-refractivity contribution in [3.63, 3.8) is 0 Å². The minimum atomic E-state index is 0. The van der Waals surface area contributed by atoms with Gasteiger partial charge >= 0.3 is 110 Å². The Morgan fingerprint density at radius 1 is 0.538 bits per heavy atom. The zero-order chi connectivity index (χ0) is 2.00. The molecule has 0 aromatic rings. The molecule has 0 aliphatic rings. The van der Waals surface area contributed by atoms with Crippen molar-refractivity contribution in [3.05, 3.63) is 0 Å². The van der Waals surface area contributed by atoms with Gasteiger partial charge in [-0.2, -0.15) is 0 Å². The average Bonchev–Trinajstić information content (AvgIpc) is 1.00. The molecular formula is In2O8SiSnZn. The van der Waals surface area contributed by atoms with Gasteiger partial charge in [-0.25, -0.2) is 0 Å². The molecule has 0 aliphatic carbocycles. The molecule has 0 fully saturated rings. The molecule has 0 saturated heterocycles. The molecule has 0 spiro atoms. The molecule has 64 valence electrons. The van der Waals surface area contributed by atoms with Crippen LogP contribution in [0.25, 0.3) is 0 Å².